The van der Waals surface area contributed by atoms with E-state index in [1.165, 1.54) is 11.8 Å². The minimum Gasteiger partial charge on any atom is -0.497 e. The van der Waals surface area contributed by atoms with Crippen LogP contribution in [0.3, 0.4) is 0 Å². The Balaban J connectivity index is 2.11. The summed E-state index contributed by atoms with van der Waals surface area (Å²) in [5, 5.41) is 3.85. The van der Waals surface area contributed by atoms with Gasteiger partial charge in [0.25, 0.3) is 0 Å². The van der Waals surface area contributed by atoms with Gasteiger partial charge in [-0.05, 0) is 48.2 Å². The van der Waals surface area contributed by atoms with Crippen molar-refractivity contribution >= 4 is 46.8 Å². The lowest BCUT2D eigenvalue weighted by atomic mass is 10.1. The summed E-state index contributed by atoms with van der Waals surface area (Å²) < 4.78 is 5.19. The molecule has 2 amide bonds. The molecule has 5 nitrogen and oxygen atoms in total. The van der Waals surface area contributed by atoms with Gasteiger partial charge in [0, 0.05) is 18.8 Å². The van der Waals surface area contributed by atoms with Crippen LogP contribution in [0, 0.1) is 0 Å². The SMILES string of the molecule is CCCCNC(=O)[C@H](CC)N(Cc1ccc(Cl)c(Cl)c1)C(=O)CSCc1ccc(OC)cc1. The first-order valence-electron chi connectivity index (χ1n) is 11.1. The van der Waals surface area contributed by atoms with E-state index in [4.69, 9.17) is 27.9 Å². The van der Waals surface area contributed by atoms with Crippen molar-refractivity contribution in [2.75, 3.05) is 19.4 Å². The number of nitrogens with zero attached hydrogens (tertiary/aromatic N) is 1. The first kappa shape index (κ1) is 27.4. The maximum Gasteiger partial charge on any atom is 0.242 e. The van der Waals surface area contributed by atoms with Crippen LogP contribution >= 0.6 is 35.0 Å². The Kier molecular flexibility index (Phi) is 11.9. The fourth-order valence-electron chi connectivity index (χ4n) is 3.32. The molecule has 0 aromatic heterocycles. The number of hydrogen-bond donors (Lipinski definition) is 1. The molecular formula is C25H32Cl2N2O3S. The van der Waals surface area contributed by atoms with Gasteiger partial charge in [0.15, 0.2) is 0 Å². The second-order valence-corrected chi connectivity index (χ2v) is 9.48. The lowest BCUT2D eigenvalue weighted by Crippen LogP contribution is -2.49. The third-order valence-electron chi connectivity index (χ3n) is 5.21. The molecule has 33 heavy (non-hydrogen) atoms. The van der Waals surface area contributed by atoms with Crippen LogP contribution in [0.5, 0.6) is 5.75 Å². The van der Waals surface area contributed by atoms with Crippen molar-refractivity contribution in [1.29, 1.82) is 0 Å². The van der Waals surface area contributed by atoms with Crippen LogP contribution in [0.25, 0.3) is 0 Å². The number of ether oxygens (including phenoxy) is 1. The van der Waals surface area contributed by atoms with Crippen LogP contribution in [0.2, 0.25) is 10.0 Å². The number of carbonyl (C=O) groups excluding carboxylic acids is 2. The van der Waals surface area contributed by atoms with Crippen LogP contribution < -0.4 is 10.1 Å². The van der Waals surface area contributed by atoms with Crippen LogP contribution in [0.4, 0.5) is 0 Å². The monoisotopic (exact) mass is 510 g/mol. The highest BCUT2D eigenvalue weighted by atomic mass is 35.5. The van der Waals surface area contributed by atoms with E-state index in [1.807, 2.05) is 37.3 Å². The van der Waals surface area contributed by atoms with E-state index >= 15 is 0 Å². The highest BCUT2D eigenvalue weighted by molar-refractivity contribution is 7.99. The number of carbonyl (C=O) groups is 2. The van der Waals surface area contributed by atoms with Gasteiger partial charge in [-0.2, -0.15) is 0 Å². The fourth-order valence-corrected chi connectivity index (χ4v) is 4.51. The van der Waals surface area contributed by atoms with E-state index in [1.54, 1.807) is 24.1 Å². The number of nitrogens with one attached hydrogen (secondary N) is 1. The molecule has 0 unspecified atom stereocenters. The molecule has 2 aromatic carbocycles. The molecule has 0 bridgehead atoms. The highest BCUT2D eigenvalue weighted by Gasteiger charge is 2.28. The van der Waals surface area contributed by atoms with E-state index in [0.29, 0.717) is 35.3 Å². The van der Waals surface area contributed by atoms with Gasteiger partial charge in [0.1, 0.15) is 11.8 Å². The molecule has 8 heteroatoms. The van der Waals surface area contributed by atoms with E-state index in [2.05, 4.69) is 12.2 Å². The molecule has 0 spiro atoms. The van der Waals surface area contributed by atoms with Gasteiger partial charge in [0.2, 0.25) is 11.8 Å². The van der Waals surface area contributed by atoms with Gasteiger partial charge < -0.3 is 15.0 Å². The summed E-state index contributed by atoms with van der Waals surface area (Å²) in [5.74, 6) is 1.55. The topological polar surface area (TPSA) is 58.6 Å². The third kappa shape index (κ3) is 8.76. The smallest absolute Gasteiger partial charge is 0.242 e. The number of amides is 2. The summed E-state index contributed by atoms with van der Waals surface area (Å²) in [5.41, 5.74) is 1.94. The van der Waals surface area contributed by atoms with Crippen molar-refractivity contribution in [3.63, 3.8) is 0 Å². The quantitative estimate of drug-likeness (QED) is 0.337. The highest BCUT2D eigenvalue weighted by Crippen LogP contribution is 2.25. The minimum atomic E-state index is -0.551. The molecule has 1 atom stereocenters. The summed E-state index contributed by atoms with van der Waals surface area (Å²) >= 11 is 13.8. The Morgan fingerprint density at radius 1 is 1.06 bits per heavy atom. The Morgan fingerprint density at radius 3 is 2.36 bits per heavy atom. The molecule has 0 fully saturated rings. The van der Waals surface area contributed by atoms with Crippen molar-refractivity contribution in [2.45, 2.75) is 51.4 Å². The third-order valence-corrected chi connectivity index (χ3v) is 6.93. The first-order chi connectivity index (χ1) is 15.9. The zero-order valence-electron chi connectivity index (χ0n) is 19.4. The summed E-state index contributed by atoms with van der Waals surface area (Å²) in [6.07, 6.45) is 2.42. The molecule has 0 aliphatic carbocycles. The molecule has 0 saturated heterocycles. The number of methoxy groups -OCH3 is 1. The Hall–Kier alpha value is -1.89. The average molecular weight is 512 g/mol. The largest absolute Gasteiger partial charge is 0.497 e. The zero-order valence-corrected chi connectivity index (χ0v) is 21.7. The number of halogens is 2. The molecule has 1 N–H and O–H groups in total. The molecule has 0 aliphatic rings. The predicted octanol–water partition coefficient (Wildman–Crippen LogP) is 5.96. The van der Waals surface area contributed by atoms with E-state index < -0.39 is 6.04 Å². The second-order valence-electron chi connectivity index (χ2n) is 7.68. The van der Waals surface area contributed by atoms with Crippen LogP contribution in [-0.2, 0) is 21.9 Å². The second kappa shape index (κ2) is 14.4. The minimum absolute atomic E-state index is 0.0860. The standard InChI is InChI=1S/C25H32Cl2N2O3S/c1-4-6-13-28-25(31)23(5-2)29(15-19-9-12-21(26)22(27)14-19)24(30)17-33-16-18-7-10-20(32-3)11-8-18/h7-12,14,23H,4-6,13,15-17H2,1-3H3,(H,28,31)/t23-/m0/s1. The number of benzene rings is 2. The number of thioether (sulfide) groups is 1. The molecule has 180 valence electrons. The zero-order chi connectivity index (χ0) is 24.2. The Morgan fingerprint density at radius 2 is 1.76 bits per heavy atom. The Labute approximate surface area is 211 Å². The summed E-state index contributed by atoms with van der Waals surface area (Å²) in [7, 11) is 1.63. The number of unbranched alkanes of at least 4 members (excludes halogenated alkanes) is 1. The summed E-state index contributed by atoms with van der Waals surface area (Å²) in [6, 6.07) is 12.5. The lowest BCUT2D eigenvalue weighted by molar-refractivity contribution is -0.139. The van der Waals surface area contributed by atoms with Gasteiger partial charge in [-0.15, -0.1) is 11.8 Å². The van der Waals surface area contributed by atoms with Gasteiger partial charge in [-0.25, -0.2) is 0 Å². The molecular weight excluding hydrogens is 479 g/mol. The fraction of sp³-hybridized carbons (Fsp3) is 0.440. The van der Waals surface area contributed by atoms with E-state index in [-0.39, 0.29) is 17.6 Å². The summed E-state index contributed by atoms with van der Waals surface area (Å²) in [6.45, 7) is 4.89. The Bertz CT molecular complexity index is 909. The summed E-state index contributed by atoms with van der Waals surface area (Å²) in [4.78, 5) is 27.8. The maximum atomic E-state index is 13.3. The normalized spacial score (nSPS) is 11.7. The van der Waals surface area contributed by atoms with Gasteiger partial charge >= 0.3 is 0 Å². The van der Waals surface area contributed by atoms with Crippen LogP contribution in [0.15, 0.2) is 42.5 Å². The van der Waals surface area contributed by atoms with Crippen molar-refractivity contribution in [2.24, 2.45) is 0 Å². The number of hydrogen-bond acceptors (Lipinski definition) is 4. The van der Waals surface area contributed by atoms with E-state index in [0.717, 1.165) is 29.7 Å². The van der Waals surface area contributed by atoms with Crippen LogP contribution in [0.1, 0.15) is 44.2 Å². The maximum absolute atomic E-state index is 13.3. The molecule has 2 aromatic rings. The molecule has 0 heterocycles. The van der Waals surface area contributed by atoms with Crippen molar-refractivity contribution in [3.05, 3.63) is 63.6 Å². The lowest BCUT2D eigenvalue weighted by Gasteiger charge is -2.30. The van der Waals surface area contributed by atoms with Crippen LogP contribution in [-0.4, -0.2) is 42.2 Å². The van der Waals surface area contributed by atoms with Gasteiger partial charge in [0.05, 0.1) is 22.9 Å². The number of rotatable bonds is 13. The van der Waals surface area contributed by atoms with Gasteiger partial charge in [-0.1, -0.05) is 61.7 Å². The van der Waals surface area contributed by atoms with Crippen molar-refractivity contribution < 1.29 is 14.3 Å². The van der Waals surface area contributed by atoms with Crippen molar-refractivity contribution in [1.82, 2.24) is 10.2 Å². The van der Waals surface area contributed by atoms with Crippen molar-refractivity contribution in [3.8, 4) is 5.75 Å². The first-order valence-corrected chi connectivity index (χ1v) is 13.0. The molecule has 2 rings (SSSR count). The molecule has 0 aliphatic heterocycles. The molecule has 0 radical (unpaired) electrons. The van der Waals surface area contributed by atoms with Gasteiger partial charge in [-0.3, -0.25) is 9.59 Å². The predicted molar refractivity (Wildman–Crippen MR) is 138 cm³/mol. The average Bonchev–Trinajstić information content (AvgIpc) is 2.81. The van der Waals surface area contributed by atoms with E-state index in [9.17, 15) is 9.59 Å². The molecule has 0 saturated carbocycles.